The molecule has 0 radical (unpaired) electrons. The lowest BCUT2D eigenvalue weighted by molar-refractivity contribution is -0.129. The lowest BCUT2D eigenvalue weighted by Crippen LogP contribution is -2.54. The zero-order chi connectivity index (χ0) is 22.8. The van der Waals surface area contributed by atoms with E-state index in [2.05, 4.69) is 26.8 Å². The summed E-state index contributed by atoms with van der Waals surface area (Å²) >= 11 is 0. The van der Waals surface area contributed by atoms with Crippen LogP contribution in [0.5, 0.6) is 0 Å². The maximum Gasteiger partial charge on any atom is 0.195 e. The van der Waals surface area contributed by atoms with Gasteiger partial charge in [-0.1, -0.05) is 32.9 Å². The highest BCUT2D eigenvalue weighted by Crippen LogP contribution is 2.68. The number of nitrogens with zero attached hydrogens (tertiary/aromatic N) is 1. The maximum absolute atomic E-state index is 10.3. The number of aliphatic hydroxyl groups is 1. The smallest absolute Gasteiger partial charge is 0.195 e. The highest BCUT2D eigenvalue weighted by atomic mass is 16.3. The van der Waals surface area contributed by atoms with Crippen LogP contribution in [-0.2, 0) is 6.42 Å². The molecule has 2 aromatic rings. The average molecular weight is 450 g/mol. The van der Waals surface area contributed by atoms with E-state index in [9.17, 15) is 5.11 Å². The van der Waals surface area contributed by atoms with Gasteiger partial charge in [0.2, 0.25) is 0 Å². The highest BCUT2D eigenvalue weighted by molar-refractivity contribution is 5.72. The van der Waals surface area contributed by atoms with Crippen molar-refractivity contribution in [1.82, 2.24) is 4.98 Å². The zero-order valence-electron chi connectivity index (χ0n) is 20.9. The fraction of sp³-hybridized carbons (Fsp3) is 0.767. The number of aryl methyl sites for hydroxylation is 1. The lowest BCUT2D eigenvalue weighted by Gasteiger charge is -2.61. The van der Waals surface area contributed by atoms with E-state index in [4.69, 9.17) is 9.40 Å². The maximum atomic E-state index is 10.3. The van der Waals surface area contributed by atoms with Gasteiger partial charge in [-0.3, -0.25) is 0 Å². The first-order valence-corrected chi connectivity index (χ1v) is 13.9. The van der Waals surface area contributed by atoms with Crippen molar-refractivity contribution in [2.24, 2.45) is 46.3 Å². The van der Waals surface area contributed by atoms with E-state index in [0.717, 1.165) is 71.8 Å². The molecule has 4 aliphatic rings. The van der Waals surface area contributed by atoms with Gasteiger partial charge < -0.3 is 9.52 Å². The molecule has 3 nitrogen and oxygen atoms in total. The number of hydrogen-bond acceptors (Lipinski definition) is 3. The predicted molar refractivity (Wildman–Crippen MR) is 133 cm³/mol. The molecule has 9 atom stereocenters. The molecule has 4 fully saturated rings. The van der Waals surface area contributed by atoms with Crippen molar-refractivity contribution < 1.29 is 9.52 Å². The Morgan fingerprint density at radius 2 is 1.79 bits per heavy atom. The molecule has 33 heavy (non-hydrogen) atoms. The van der Waals surface area contributed by atoms with Crippen molar-refractivity contribution in [3.8, 4) is 0 Å². The zero-order valence-corrected chi connectivity index (χ0v) is 20.9. The van der Waals surface area contributed by atoms with Gasteiger partial charge in [-0.05, 0) is 123 Å². The van der Waals surface area contributed by atoms with Gasteiger partial charge in [0.05, 0.1) is 6.10 Å². The molecule has 1 N–H and O–H groups in total. The summed E-state index contributed by atoms with van der Waals surface area (Å²) in [6, 6.07) is 8.14. The Kier molecular flexibility index (Phi) is 5.44. The number of aromatic nitrogens is 1. The summed E-state index contributed by atoms with van der Waals surface area (Å²) in [7, 11) is 0. The van der Waals surface area contributed by atoms with E-state index in [0.29, 0.717) is 10.8 Å². The molecule has 0 aliphatic heterocycles. The van der Waals surface area contributed by atoms with E-state index in [1.54, 1.807) is 0 Å². The van der Waals surface area contributed by atoms with Gasteiger partial charge in [-0.15, -0.1) is 0 Å². The molecule has 4 aliphatic carbocycles. The van der Waals surface area contributed by atoms with E-state index in [1.807, 2.05) is 18.2 Å². The normalized spacial score (nSPS) is 43.6. The number of oxazole rings is 1. The van der Waals surface area contributed by atoms with Gasteiger partial charge in [0.1, 0.15) is 5.52 Å². The molecule has 9 unspecified atom stereocenters. The largest absolute Gasteiger partial charge is 0.441 e. The first kappa shape index (κ1) is 22.1. The third-order valence-electron chi connectivity index (χ3n) is 11.6. The van der Waals surface area contributed by atoms with Crippen LogP contribution in [0.2, 0.25) is 0 Å². The minimum absolute atomic E-state index is 0.0357. The minimum Gasteiger partial charge on any atom is -0.441 e. The highest BCUT2D eigenvalue weighted by Gasteiger charge is 2.60. The van der Waals surface area contributed by atoms with Crippen LogP contribution >= 0.6 is 0 Å². The Labute approximate surface area is 199 Å². The Morgan fingerprint density at radius 1 is 1.00 bits per heavy atom. The van der Waals surface area contributed by atoms with Crippen LogP contribution in [0.15, 0.2) is 28.7 Å². The van der Waals surface area contributed by atoms with Gasteiger partial charge in [-0.2, -0.15) is 0 Å². The van der Waals surface area contributed by atoms with Gasteiger partial charge in [0, 0.05) is 6.42 Å². The molecule has 0 amide bonds. The summed E-state index contributed by atoms with van der Waals surface area (Å²) in [4.78, 5) is 4.73. The van der Waals surface area contributed by atoms with E-state index in [1.165, 1.54) is 51.4 Å². The Hall–Kier alpha value is -1.35. The molecule has 180 valence electrons. The van der Waals surface area contributed by atoms with Gasteiger partial charge in [0.15, 0.2) is 11.5 Å². The summed E-state index contributed by atoms with van der Waals surface area (Å²) in [6.07, 6.45) is 14.0. The standard InChI is InChI=1S/C30H43NO2/c1-19(8-13-28-31-26-6-4-5-7-27(26)33-28)23-11-12-24-22-10-9-20-18-21(32)14-16-29(20,2)25(22)15-17-30(23,24)3/h4-7,19-25,32H,8-18H2,1-3H3. The molecule has 4 saturated carbocycles. The van der Waals surface area contributed by atoms with Crippen LogP contribution in [0.1, 0.15) is 90.9 Å². The van der Waals surface area contributed by atoms with Gasteiger partial charge >= 0.3 is 0 Å². The van der Waals surface area contributed by atoms with Crippen molar-refractivity contribution in [1.29, 1.82) is 0 Å². The fourth-order valence-corrected chi connectivity index (χ4v) is 9.79. The summed E-state index contributed by atoms with van der Waals surface area (Å²) < 4.78 is 6.02. The van der Waals surface area contributed by atoms with E-state index < -0.39 is 0 Å². The first-order valence-electron chi connectivity index (χ1n) is 13.9. The number of rotatable bonds is 4. The van der Waals surface area contributed by atoms with Crippen LogP contribution in [0.4, 0.5) is 0 Å². The fourth-order valence-electron chi connectivity index (χ4n) is 9.79. The molecule has 0 saturated heterocycles. The SMILES string of the molecule is CC(CCc1nc2ccccc2o1)C1CCC2C3CCC4CC(O)CCC4(C)C3CCC12C. The second-order valence-electron chi connectivity index (χ2n) is 12.9. The van der Waals surface area contributed by atoms with Crippen LogP contribution in [0.25, 0.3) is 11.1 Å². The van der Waals surface area contributed by atoms with Crippen molar-refractivity contribution in [2.75, 3.05) is 0 Å². The Balaban J connectivity index is 1.15. The van der Waals surface area contributed by atoms with Crippen molar-refractivity contribution in [3.05, 3.63) is 30.2 Å². The topological polar surface area (TPSA) is 46.3 Å². The molecule has 1 aromatic heterocycles. The molecule has 0 spiro atoms. The summed E-state index contributed by atoms with van der Waals surface area (Å²) in [5.41, 5.74) is 2.91. The number of aliphatic hydroxyl groups excluding tert-OH is 1. The number of benzene rings is 1. The van der Waals surface area contributed by atoms with Crippen molar-refractivity contribution in [3.63, 3.8) is 0 Å². The molecule has 1 aromatic carbocycles. The third-order valence-corrected chi connectivity index (χ3v) is 11.6. The Bertz CT molecular complexity index is 965. The van der Waals surface area contributed by atoms with Crippen molar-refractivity contribution >= 4 is 11.1 Å². The number of fused-ring (bicyclic) bond motifs is 6. The average Bonchev–Trinajstić information content (AvgIpc) is 3.38. The number of para-hydroxylation sites is 2. The summed E-state index contributed by atoms with van der Waals surface area (Å²) in [5, 5.41) is 10.3. The van der Waals surface area contributed by atoms with Crippen LogP contribution < -0.4 is 0 Å². The second kappa shape index (κ2) is 8.11. The van der Waals surface area contributed by atoms with E-state index in [-0.39, 0.29) is 6.10 Å². The molecule has 1 heterocycles. The lowest BCUT2D eigenvalue weighted by atomic mass is 9.44. The van der Waals surface area contributed by atoms with Crippen molar-refractivity contribution in [2.45, 2.75) is 97.5 Å². The second-order valence-corrected chi connectivity index (χ2v) is 12.9. The third kappa shape index (κ3) is 3.51. The van der Waals surface area contributed by atoms with Gasteiger partial charge in [-0.25, -0.2) is 4.98 Å². The molecular weight excluding hydrogens is 406 g/mol. The monoisotopic (exact) mass is 449 g/mol. The molecular formula is C30H43NO2. The molecule has 0 bridgehead atoms. The molecule has 6 rings (SSSR count). The summed E-state index contributed by atoms with van der Waals surface area (Å²) in [5.74, 6) is 5.98. The summed E-state index contributed by atoms with van der Waals surface area (Å²) in [6.45, 7) is 7.78. The van der Waals surface area contributed by atoms with Gasteiger partial charge in [0.25, 0.3) is 0 Å². The van der Waals surface area contributed by atoms with Crippen LogP contribution in [0.3, 0.4) is 0 Å². The van der Waals surface area contributed by atoms with E-state index >= 15 is 0 Å². The molecule has 3 heteroatoms. The quantitative estimate of drug-likeness (QED) is 0.528. The minimum atomic E-state index is -0.0357. The predicted octanol–water partition coefficient (Wildman–Crippen LogP) is 7.42. The van der Waals surface area contributed by atoms with Crippen LogP contribution in [-0.4, -0.2) is 16.2 Å². The first-order chi connectivity index (χ1) is 15.9. The Morgan fingerprint density at radius 3 is 2.64 bits per heavy atom. The van der Waals surface area contributed by atoms with Crippen LogP contribution in [0, 0.1) is 46.3 Å². The number of hydrogen-bond donors (Lipinski definition) is 1.